The number of hydrogen-bond acceptors (Lipinski definition) is 5. The van der Waals surface area contributed by atoms with Crippen LogP contribution in [-0.2, 0) is 18.5 Å². The summed E-state index contributed by atoms with van der Waals surface area (Å²) in [5.41, 5.74) is 3.78. The molecule has 0 aliphatic carbocycles. The summed E-state index contributed by atoms with van der Waals surface area (Å²) >= 11 is 1.44. The van der Waals surface area contributed by atoms with Crippen molar-refractivity contribution in [1.29, 1.82) is 5.41 Å². The number of fused-ring (bicyclic) bond motifs is 1. The van der Waals surface area contributed by atoms with E-state index < -0.39 is 11.7 Å². The van der Waals surface area contributed by atoms with Gasteiger partial charge >= 0.3 is 6.18 Å². The van der Waals surface area contributed by atoms with Crippen molar-refractivity contribution in [2.75, 3.05) is 14.2 Å². The van der Waals surface area contributed by atoms with E-state index in [0.717, 1.165) is 28.8 Å². The highest BCUT2D eigenvalue weighted by atomic mass is 32.2. The fourth-order valence-corrected chi connectivity index (χ4v) is 5.01. The third kappa shape index (κ3) is 5.36. The van der Waals surface area contributed by atoms with Gasteiger partial charge in [-0.2, -0.15) is 13.2 Å². The predicted molar refractivity (Wildman–Crippen MR) is 135 cm³/mol. The summed E-state index contributed by atoms with van der Waals surface area (Å²) in [6.45, 7) is 4.12. The SMILES string of the molecule is COc1cc2nc(SCc3cc(C)ccc3C)n(Cc3cccc(C(F)(F)F)c3)c(=N)c2cc1OC. The first-order chi connectivity index (χ1) is 17.1. The molecule has 0 spiro atoms. The Labute approximate surface area is 211 Å². The van der Waals surface area contributed by atoms with Gasteiger partial charge in [-0.25, -0.2) is 4.98 Å². The Balaban J connectivity index is 1.84. The minimum atomic E-state index is -4.45. The maximum atomic E-state index is 13.3. The highest BCUT2D eigenvalue weighted by molar-refractivity contribution is 7.98. The molecule has 4 rings (SSSR count). The lowest BCUT2D eigenvalue weighted by Crippen LogP contribution is -2.24. The molecule has 9 heteroatoms. The molecular weight excluding hydrogens is 487 g/mol. The molecule has 1 aromatic heterocycles. The first-order valence-electron chi connectivity index (χ1n) is 11.2. The van der Waals surface area contributed by atoms with Crippen LogP contribution >= 0.6 is 11.8 Å². The maximum absolute atomic E-state index is 13.3. The molecule has 4 aromatic rings. The van der Waals surface area contributed by atoms with Crippen LogP contribution in [0.1, 0.15) is 27.8 Å². The summed E-state index contributed by atoms with van der Waals surface area (Å²) in [6, 6.07) is 14.8. The number of alkyl halides is 3. The molecule has 0 amide bonds. The van der Waals surface area contributed by atoms with E-state index in [9.17, 15) is 13.2 Å². The second kappa shape index (κ2) is 10.3. The number of halogens is 3. The highest BCUT2D eigenvalue weighted by Gasteiger charge is 2.30. The molecule has 0 radical (unpaired) electrons. The average Bonchev–Trinajstić information content (AvgIpc) is 2.85. The number of methoxy groups -OCH3 is 2. The van der Waals surface area contributed by atoms with Gasteiger partial charge in [0.05, 0.1) is 31.8 Å². The van der Waals surface area contributed by atoms with Gasteiger partial charge < -0.3 is 14.0 Å². The first kappa shape index (κ1) is 25.6. The molecule has 0 unspecified atom stereocenters. The van der Waals surface area contributed by atoms with Crippen LogP contribution in [0.2, 0.25) is 0 Å². The Morgan fingerprint density at radius 3 is 2.39 bits per heavy atom. The zero-order valence-electron chi connectivity index (χ0n) is 20.4. The monoisotopic (exact) mass is 513 g/mol. The van der Waals surface area contributed by atoms with E-state index in [-0.39, 0.29) is 12.0 Å². The topological polar surface area (TPSA) is 60.1 Å². The van der Waals surface area contributed by atoms with Crippen LogP contribution in [-0.4, -0.2) is 23.8 Å². The number of rotatable bonds is 7. The first-order valence-corrected chi connectivity index (χ1v) is 12.2. The van der Waals surface area contributed by atoms with E-state index in [1.54, 1.807) is 22.8 Å². The second-order valence-corrected chi connectivity index (χ2v) is 9.41. The molecule has 3 aromatic carbocycles. The lowest BCUT2D eigenvalue weighted by atomic mass is 10.1. The second-order valence-electron chi connectivity index (χ2n) is 8.47. The van der Waals surface area contributed by atoms with Gasteiger partial charge in [0, 0.05) is 17.2 Å². The standard InChI is InChI=1S/C27H26F3N3O2S/c1-16-8-9-17(2)19(10-16)15-36-26-32-22-13-24(35-4)23(34-3)12-21(22)25(31)33(26)14-18-6-5-7-20(11-18)27(28,29)30/h5-13,31H,14-15H2,1-4H3. The van der Waals surface area contributed by atoms with E-state index >= 15 is 0 Å². The molecule has 1 N–H and O–H groups in total. The third-order valence-corrected chi connectivity index (χ3v) is 6.96. The summed E-state index contributed by atoms with van der Waals surface area (Å²) in [5, 5.41) is 9.99. The van der Waals surface area contributed by atoms with E-state index in [4.69, 9.17) is 19.9 Å². The van der Waals surface area contributed by atoms with E-state index in [1.165, 1.54) is 32.0 Å². The molecule has 0 saturated heterocycles. The van der Waals surface area contributed by atoms with Crippen LogP contribution in [0.4, 0.5) is 13.2 Å². The van der Waals surface area contributed by atoms with Crippen molar-refractivity contribution >= 4 is 22.7 Å². The summed E-state index contributed by atoms with van der Waals surface area (Å²) in [6.07, 6.45) is -4.45. The summed E-state index contributed by atoms with van der Waals surface area (Å²) in [5.74, 6) is 1.53. The summed E-state index contributed by atoms with van der Waals surface area (Å²) in [7, 11) is 3.03. The molecule has 188 valence electrons. The van der Waals surface area contributed by atoms with Crippen LogP contribution in [0.3, 0.4) is 0 Å². The molecule has 0 atom stereocenters. The normalized spacial score (nSPS) is 11.6. The Hall–Kier alpha value is -3.46. The molecule has 0 fully saturated rings. The van der Waals surface area contributed by atoms with Crippen molar-refractivity contribution in [2.45, 2.75) is 37.5 Å². The van der Waals surface area contributed by atoms with Crippen molar-refractivity contribution < 1.29 is 22.6 Å². The zero-order chi connectivity index (χ0) is 26.0. The minimum absolute atomic E-state index is 0.0647. The molecule has 0 aliphatic rings. The molecule has 1 heterocycles. The number of thioether (sulfide) groups is 1. The van der Waals surface area contributed by atoms with Gasteiger partial charge in [-0.15, -0.1) is 0 Å². The Bertz CT molecular complexity index is 1480. The zero-order valence-corrected chi connectivity index (χ0v) is 21.2. The van der Waals surface area contributed by atoms with Gasteiger partial charge in [-0.3, -0.25) is 5.41 Å². The number of nitrogens with one attached hydrogen (secondary N) is 1. The number of aryl methyl sites for hydroxylation is 2. The summed E-state index contributed by atoms with van der Waals surface area (Å²) in [4.78, 5) is 4.80. The predicted octanol–water partition coefficient (Wildman–Crippen LogP) is 6.51. The Morgan fingerprint density at radius 2 is 1.69 bits per heavy atom. The number of benzene rings is 3. The van der Waals surface area contributed by atoms with Gasteiger partial charge in [0.25, 0.3) is 0 Å². The molecular formula is C27H26F3N3O2S. The van der Waals surface area contributed by atoms with Gasteiger partial charge in [-0.1, -0.05) is 47.7 Å². The molecule has 36 heavy (non-hydrogen) atoms. The number of ether oxygens (including phenoxy) is 2. The fourth-order valence-electron chi connectivity index (χ4n) is 3.94. The van der Waals surface area contributed by atoms with Crippen molar-refractivity contribution in [3.05, 3.63) is 87.9 Å². The molecule has 0 bridgehead atoms. The summed E-state index contributed by atoms with van der Waals surface area (Å²) < 4.78 is 52.4. The van der Waals surface area contributed by atoms with E-state index in [0.29, 0.717) is 38.9 Å². The van der Waals surface area contributed by atoms with Crippen LogP contribution in [0, 0.1) is 19.3 Å². The van der Waals surface area contributed by atoms with Crippen molar-refractivity contribution in [3.63, 3.8) is 0 Å². The number of nitrogens with zero attached hydrogens (tertiary/aromatic N) is 2. The van der Waals surface area contributed by atoms with Gasteiger partial charge in [-0.05, 0) is 48.7 Å². The number of hydrogen-bond donors (Lipinski definition) is 1. The van der Waals surface area contributed by atoms with Crippen LogP contribution in [0.5, 0.6) is 11.5 Å². The van der Waals surface area contributed by atoms with Gasteiger partial charge in [0.1, 0.15) is 5.49 Å². The maximum Gasteiger partial charge on any atom is 0.416 e. The Morgan fingerprint density at radius 1 is 0.972 bits per heavy atom. The van der Waals surface area contributed by atoms with Gasteiger partial charge in [0.15, 0.2) is 16.7 Å². The van der Waals surface area contributed by atoms with Gasteiger partial charge in [0.2, 0.25) is 0 Å². The van der Waals surface area contributed by atoms with Crippen molar-refractivity contribution in [1.82, 2.24) is 9.55 Å². The number of aromatic nitrogens is 2. The minimum Gasteiger partial charge on any atom is -0.493 e. The molecule has 0 aliphatic heterocycles. The van der Waals surface area contributed by atoms with Crippen LogP contribution < -0.4 is 15.0 Å². The third-order valence-electron chi connectivity index (χ3n) is 5.93. The fraction of sp³-hybridized carbons (Fsp3) is 0.259. The lowest BCUT2D eigenvalue weighted by molar-refractivity contribution is -0.137. The largest absolute Gasteiger partial charge is 0.493 e. The van der Waals surface area contributed by atoms with E-state index in [2.05, 4.69) is 12.1 Å². The van der Waals surface area contributed by atoms with E-state index in [1.807, 2.05) is 19.9 Å². The van der Waals surface area contributed by atoms with Crippen molar-refractivity contribution in [2.24, 2.45) is 0 Å². The van der Waals surface area contributed by atoms with Crippen molar-refractivity contribution in [3.8, 4) is 11.5 Å². The smallest absolute Gasteiger partial charge is 0.416 e. The molecule has 5 nitrogen and oxygen atoms in total. The average molecular weight is 514 g/mol. The quantitative estimate of drug-likeness (QED) is 0.226. The molecule has 0 saturated carbocycles. The van der Waals surface area contributed by atoms with Crippen LogP contribution in [0.25, 0.3) is 10.9 Å². The highest BCUT2D eigenvalue weighted by Crippen LogP contribution is 2.33. The lowest BCUT2D eigenvalue weighted by Gasteiger charge is -2.17. The Kier molecular flexibility index (Phi) is 7.31. The van der Waals surface area contributed by atoms with Crippen LogP contribution in [0.15, 0.2) is 59.8 Å².